The van der Waals surface area contributed by atoms with Crippen molar-refractivity contribution in [1.29, 1.82) is 0 Å². The number of carbonyl (C=O) groups excluding carboxylic acids is 1. The van der Waals surface area contributed by atoms with E-state index in [1.54, 1.807) is 18.5 Å². The average Bonchev–Trinajstić information content (AvgIpc) is 3.05. The first-order valence-corrected chi connectivity index (χ1v) is 8.13. The normalized spacial score (nSPS) is 20.2. The van der Waals surface area contributed by atoms with E-state index in [1.165, 1.54) is 12.8 Å². The van der Waals surface area contributed by atoms with Crippen LogP contribution in [0.2, 0.25) is 0 Å². The first-order chi connectivity index (χ1) is 11.2. The van der Waals surface area contributed by atoms with Crippen molar-refractivity contribution >= 4 is 5.91 Å². The van der Waals surface area contributed by atoms with Crippen molar-refractivity contribution in [2.45, 2.75) is 31.7 Å². The number of rotatable bonds is 3. The Morgan fingerprint density at radius 2 is 2.00 bits per heavy atom. The summed E-state index contributed by atoms with van der Waals surface area (Å²) >= 11 is 0. The van der Waals surface area contributed by atoms with E-state index in [-0.39, 0.29) is 11.9 Å². The Morgan fingerprint density at radius 3 is 2.74 bits per heavy atom. The van der Waals surface area contributed by atoms with Crippen LogP contribution in [0, 0.1) is 5.41 Å². The zero-order valence-corrected chi connectivity index (χ0v) is 12.9. The molecule has 2 N–H and O–H groups in total. The van der Waals surface area contributed by atoms with Gasteiger partial charge in [-0.05, 0) is 56.3 Å². The second kappa shape index (κ2) is 5.77. The Labute approximate surface area is 134 Å². The molecule has 3 heterocycles. The highest BCUT2D eigenvalue weighted by Crippen LogP contribution is 2.47. The van der Waals surface area contributed by atoms with Gasteiger partial charge in [-0.3, -0.25) is 9.78 Å². The average molecular weight is 312 g/mol. The zero-order chi connectivity index (χ0) is 15.7. The maximum Gasteiger partial charge on any atom is 0.273 e. The number of amides is 1. The van der Waals surface area contributed by atoms with Gasteiger partial charge >= 0.3 is 0 Å². The van der Waals surface area contributed by atoms with E-state index >= 15 is 0 Å². The van der Waals surface area contributed by atoms with Crippen LogP contribution in [-0.4, -0.2) is 35.2 Å². The SMILES string of the molecule is O=C(NC1CC2(CCNCC2)C1)c1cc(-c2ccncc2)on1. The van der Waals surface area contributed by atoms with Gasteiger partial charge in [-0.15, -0.1) is 0 Å². The van der Waals surface area contributed by atoms with Crippen LogP contribution in [0.4, 0.5) is 0 Å². The Morgan fingerprint density at radius 1 is 1.26 bits per heavy atom. The summed E-state index contributed by atoms with van der Waals surface area (Å²) in [7, 11) is 0. The Bertz CT molecular complexity index is 684. The Balaban J connectivity index is 1.36. The van der Waals surface area contributed by atoms with Crippen molar-refractivity contribution in [2.24, 2.45) is 5.41 Å². The molecule has 23 heavy (non-hydrogen) atoms. The first-order valence-electron chi connectivity index (χ1n) is 8.13. The number of nitrogens with zero attached hydrogens (tertiary/aromatic N) is 2. The second-order valence-corrected chi connectivity index (χ2v) is 6.64. The standard InChI is InChI=1S/C17H20N4O2/c22-16(20-13-10-17(11-13)3-7-19-8-4-17)14-9-15(23-21-14)12-1-5-18-6-2-12/h1-2,5-6,9,13,19H,3-4,7-8,10-11H2,(H,20,22). The first kappa shape index (κ1) is 14.4. The van der Waals surface area contributed by atoms with Gasteiger partial charge in [0.15, 0.2) is 11.5 Å². The van der Waals surface area contributed by atoms with E-state index in [2.05, 4.69) is 20.8 Å². The molecule has 1 aliphatic heterocycles. The summed E-state index contributed by atoms with van der Waals surface area (Å²) in [6.07, 6.45) is 7.96. The van der Waals surface area contributed by atoms with Gasteiger partial charge in [0.25, 0.3) is 5.91 Å². The molecule has 1 saturated carbocycles. The van der Waals surface area contributed by atoms with E-state index in [0.717, 1.165) is 31.5 Å². The third-order valence-corrected chi connectivity index (χ3v) is 5.07. The van der Waals surface area contributed by atoms with Gasteiger partial charge in [0, 0.05) is 30.1 Å². The van der Waals surface area contributed by atoms with E-state index in [0.29, 0.717) is 16.9 Å². The van der Waals surface area contributed by atoms with Crippen LogP contribution in [-0.2, 0) is 0 Å². The zero-order valence-electron chi connectivity index (χ0n) is 12.9. The highest BCUT2D eigenvalue weighted by molar-refractivity contribution is 5.93. The predicted molar refractivity (Wildman–Crippen MR) is 84.8 cm³/mol. The van der Waals surface area contributed by atoms with Crippen LogP contribution in [0.3, 0.4) is 0 Å². The molecule has 6 heteroatoms. The lowest BCUT2D eigenvalue weighted by Crippen LogP contribution is -2.54. The van der Waals surface area contributed by atoms with Crippen LogP contribution in [0.1, 0.15) is 36.2 Å². The second-order valence-electron chi connectivity index (χ2n) is 6.64. The summed E-state index contributed by atoms with van der Waals surface area (Å²) in [6, 6.07) is 5.61. The molecule has 0 radical (unpaired) electrons. The minimum absolute atomic E-state index is 0.150. The molecule has 1 aliphatic carbocycles. The van der Waals surface area contributed by atoms with Crippen LogP contribution >= 0.6 is 0 Å². The molecule has 120 valence electrons. The van der Waals surface area contributed by atoms with Crippen molar-refractivity contribution < 1.29 is 9.32 Å². The maximum atomic E-state index is 12.3. The number of piperidine rings is 1. The monoisotopic (exact) mass is 312 g/mol. The summed E-state index contributed by atoms with van der Waals surface area (Å²) in [5.41, 5.74) is 1.65. The Kier molecular flexibility index (Phi) is 3.61. The molecule has 1 saturated heterocycles. The van der Waals surface area contributed by atoms with Gasteiger partial charge in [0.1, 0.15) is 0 Å². The van der Waals surface area contributed by atoms with E-state index < -0.39 is 0 Å². The summed E-state index contributed by atoms with van der Waals surface area (Å²) in [6.45, 7) is 2.19. The number of nitrogens with one attached hydrogen (secondary N) is 2. The molecule has 2 aliphatic rings. The van der Waals surface area contributed by atoms with Gasteiger partial charge in [0.05, 0.1) is 0 Å². The largest absolute Gasteiger partial charge is 0.355 e. The minimum atomic E-state index is -0.150. The highest BCUT2D eigenvalue weighted by Gasteiger charge is 2.45. The molecule has 1 amide bonds. The smallest absolute Gasteiger partial charge is 0.273 e. The van der Waals surface area contributed by atoms with Crippen molar-refractivity contribution in [1.82, 2.24) is 20.8 Å². The van der Waals surface area contributed by atoms with E-state index in [1.807, 2.05) is 12.1 Å². The van der Waals surface area contributed by atoms with Crippen molar-refractivity contribution in [3.63, 3.8) is 0 Å². The lowest BCUT2D eigenvalue weighted by molar-refractivity contribution is 0.0420. The molecule has 2 aromatic heterocycles. The number of pyridine rings is 1. The van der Waals surface area contributed by atoms with Gasteiger partial charge in [0.2, 0.25) is 0 Å². The third-order valence-electron chi connectivity index (χ3n) is 5.07. The van der Waals surface area contributed by atoms with Gasteiger partial charge in [-0.1, -0.05) is 5.16 Å². The van der Waals surface area contributed by atoms with Crippen LogP contribution in [0.15, 0.2) is 35.1 Å². The summed E-state index contributed by atoms with van der Waals surface area (Å²) in [5, 5.41) is 10.4. The van der Waals surface area contributed by atoms with Crippen LogP contribution in [0.5, 0.6) is 0 Å². The molecule has 2 aromatic rings. The maximum absolute atomic E-state index is 12.3. The van der Waals surface area contributed by atoms with Crippen LogP contribution in [0.25, 0.3) is 11.3 Å². The van der Waals surface area contributed by atoms with Crippen molar-refractivity contribution in [2.75, 3.05) is 13.1 Å². The molecular formula is C17H20N4O2. The van der Waals surface area contributed by atoms with Crippen molar-refractivity contribution in [3.05, 3.63) is 36.3 Å². The topological polar surface area (TPSA) is 80.0 Å². The number of aromatic nitrogens is 2. The fraction of sp³-hybridized carbons (Fsp3) is 0.471. The van der Waals surface area contributed by atoms with Crippen LogP contribution < -0.4 is 10.6 Å². The van der Waals surface area contributed by atoms with E-state index in [4.69, 9.17) is 4.52 Å². The highest BCUT2D eigenvalue weighted by atomic mass is 16.5. The third kappa shape index (κ3) is 2.86. The number of hydrogen-bond donors (Lipinski definition) is 2. The van der Waals surface area contributed by atoms with Gasteiger partial charge in [-0.2, -0.15) is 0 Å². The summed E-state index contributed by atoms with van der Waals surface area (Å²) < 4.78 is 5.27. The molecule has 1 spiro atoms. The molecule has 2 fully saturated rings. The van der Waals surface area contributed by atoms with Gasteiger partial charge < -0.3 is 15.2 Å². The summed E-state index contributed by atoms with van der Waals surface area (Å²) in [4.78, 5) is 16.3. The fourth-order valence-corrected chi connectivity index (χ4v) is 3.75. The lowest BCUT2D eigenvalue weighted by atomic mass is 9.60. The Hall–Kier alpha value is -2.21. The minimum Gasteiger partial charge on any atom is -0.355 e. The summed E-state index contributed by atoms with van der Waals surface area (Å²) in [5.74, 6) is 0.434. The van der Waals surface area contributed by atoms with Gasteiger partial charge in [-0.25, -0.2) is 0 Å². The fourth-order valence-electron chi connectivity index (χ4n) is 3.75. The predicted octanol–water partition coefficient (Wildman–Crippen LogP) is 2.00. The molecule has 0 atom stereocenters. The molecule has 6 nitrogen and oxygen atoms in total. The lowest BCUT2D eigenvalue weighted by Gasteiger charge is -2.50. The number of hydrogen-bond acceptors (Lipinski definition) is 5. The quantitative estimate of drug-likeness (QED) is 0.906. The van der Waals surface area contributed by atoms with E-state index in [9.17, 15) is 4.79 Å². The molecular weight excluding hydrogens is 292 g/mol. The molecule has 0 unspecified atom stereocenters. The molecule has 4 rings (SSSR count). The number of carbonyl (C=O) groups is 1. The molecule has 0 aromatic carbocycles. The van der Waals surface area contributed by atoms with Crippen molar-refractivity contribution in [3.8, 4) is 11.3 Å². The molecule has 0 bridgehead atoms.